The van der Waals surface area contributed by atoms with Gasteiger partial charge >= 0.3 is 0 Å². The summed E-state index contributed by atoms with van der Waals surface area (Å²) in [5, 5.41) is 3.36. The van der Waals surface area contributed by atoms with Crippen LogP contribution in [0.5, 0.6) is 0 Å². The first-order valence-corrected chi connectivity index (χ1v) is 9.27. The Morgan fingerprint density at radius 2 is 1.59 bits per heavy atom. The fourth-order valence-electron chi connectivity index (χ4n) is 3.15. The normalized spacial score (nSPS) is 14.3. The van der Waals surface area contributed by atoms with Crippen molar-refractivity contribution in [3.05, 3.63) is 60.7 Å². The third kappa shape index (κ3) is 4.13. The van der Waals surface area contributed by atoms with E-state index in [-0.39, 0.29) is 0 Å². The largest absolute Gasteiger partial charge is 0.353 e. The topological polar surface area (TPSA) is 70.1 Å². The summed E-state index contributed by atoms with van der Waals surface area (Å²) in [7, 11) is 0. The number of hydrogen-bond acceptors (Lipinski definition) is 7. The molecule has 0 spiro atoms. The van der Waals surface area contributed by atoms with Crippen molar-refractivity contribution in [2.75, 3.05) is 41.3 Å². The second kappa shape index (κ2) is 7.99. The van der Waals surface area contributed by atoms with Gasteiger partial charge in [0.05, 0.1) is 0 Å². The highest BCUT2D eigenvalue weighted by atomic mass is 15.3. The average molecular weight is 361 g/mol. The number of piperazine rings is 1. The van der Waals surface area contributed by atoms with Crippen LogP contribution in [0.25, 0.3) is 0 Å². The zero-order chi connectivity index (χ0) is 18.5. The van der Waals surface area contributed by atoms with Crippen molar-refractivity contribution in [2.24, 2.45) is 0 Å². The molecule has 1 aliphatic rings. The van der Waals surface area contributed by atoms with Gasteiger partial charge < -0.3 is 15.1 Å². The first kappa shape index (κ1) is 17.2. The minimum atomic E-state index is 0.790. The molecular formula is C20H23N7. The van der Waals surface area contributed by atoms with Gasteiger partial charge in [0.1, 0.15) is 18.0 Å². The van der Waals surface area contributed by atoms with Gasteiger partial charge in [0, 0.05) is 50.3 Å². The third-order valence-corrected chi connectivity index (χ3v) is 4.73. The van der Waals surface area contributed by atoms with Gasteiger partial charge in [0.25, 0.3) is 0 Å². The predicted octanol–water partition coefficient (Wildman–Crippen LogP) is 2.90. The van der Waals surface area contributed by atoms with Crippen LogP contribution in [0, 0.1) is 0 Å². The van der Waals surface area contributed by atoms with E-state index in [4.69, 9.17) is 0 Å². The second-order valence-electron chi connectivity index (χ2n) is 6.46. The highest BCUT2D eigenvalue weighted by Crippen LogP contribution is 2.21. The molecule has 1 fully saturated rings. The van der Waals surface area contributed by atoms with Crippen molar-refractivity contribution >= 4 is 23.3 Å². The molecule has 1 aliphatic heterocycles. The van der Waals surface area contributed by atoms with Crippen LogP contribution >= 0.6 is 0 Å². The maximum atomic E-state index is 4.45. The number of benzene rings is 1. The molecule has 7 nitrogen and oxygen atoms in total. The zero-order valence-corrected chi connectivity index (χ0v) is 15.4. The molecule has 27 heavy (non-hydrogen) atoms. The van der Waals surface area contributed by atoms with Crippen LogP contribution in [0.15, 0.2) is 55.1 Å². The number of aryl methyl sites for hydroxylation is 1. The monoisotopic (exact) mass is 361 g/mol. The number of rotatable bonds is 5. The zero-order valence-electron chi connectivity index (χ0n) is 15.4. The van der Waals surface area contributed by atoms with Gasteiger partial charge in [-0.3, -0.25) is 0 Å². The molecule has 0 saturated carbocycles. The average Bonchev–Trinajstić information content (AvgIpc) is 2.75. The maximum Gasteiger partial charge on any atom is 0.225 e. The van der Waals surface area contributed by atoms with Crippen LogP contribution in [-0.4, -0.2) is 46.1 Å². The number of nitrogens with zero attached hydrogens (tertiary/aromatic N) is 6. The first-order valence-electron chi connectivity index (χ1n) is 9.27. The number of nitrogens with one attached hydrogen (secondary N) is 1. The van der Waals surface area contributed by atoms with E-state index >= 15 is 0 Å². The van der Waals surface area contributed by atoms with E-state index in [1.54, 1.807) is 18.7 Å². The molecule has 3 aromatic rings. The molecule has 2 aromatic heterocycles. The molecule has 0 amide bonds. The molecule has 4 rings (SSSR count). The van der Waals surface area contributed by atoms with E-state index in [1.165, 1.54) is 5.56 Å². The number of aromatic nitrogens is 4. The van der Waals surface area contributed by atoms with Crippen molar-refractivity contribution in [2.45, 2.75) is 13.3 Å². The van der Waals surface area contributed by atoms with Crippen LogP contribution in [0.3, 0.4) is 0 Å². The molecule has 1 saturated heterocycles. The van der Waals surface area contributed by atoms with Gasteiger partial charge in [0.2, 0.25) is 5.95 Å². The van der Waals surface area contributed by atoms with Crippen LogP contribution in [0.4, 0.5) is 23.3 Å². The Hall–Kier alpha value is -3.22. The highest BCUT2D eigenvalue weighted by Gasteiger charge is 2.20. The van der Waals surface area contributed by atoms with E-state index in [0.717, 1.165) is 55.9 Å². The van der Waals surface area contributed by atoms with Gasteiger partial charge in [-0.15, -0.1) is 0 Å². The minimum absolute atomic E-state index is 0.790. The smallest absolute Gasteiger partial charge is 0.225 e. The summed E-state index contributed by atoms with van der Waals surface area (Å²) in [6.07, 6.45) is 6.22. The Bertz CT molecular complexity index is 859. The summed E-state index contributed by atoms with van der Waals surface area (Å²) < 4.78 is 0. The summed E-state index contributed by atoms with van der Waals surface area (Å²) in [6, 6.07) is 12.3. The number of anilines is 4. The summed E-state index contributed by atoms with van der Waals surface area (Å²) >= 11 is 0. The van der Waals surface area contributed by atoms with Crippen LogP contribution < -0.4 is 15.1 Å². The molecule has 1 aromatic carbocycles. The molecule has 0 atom stereocenters. The molecule has 7 heteroatoms. The van der Waals surface area contributed by atoms with Crippen molar-refractivity contribution < 1.29 is 0 Å². The Morgan fingerprint density at radius 1 is 0.889 bits per heavy atom. The molecular weight excluding hydrogens is 338 g/mol. The lowest BCUT2D eigenvalue weighted by Gasteiger charge is -2.35. The minimum Gasteiger partial charge on any atom is -0.353 e. The fourth-order valence-corrected chi connectivity index (χ4v) is 3.15. The molecule has 0 bridgehead atoms. The first-order chi connectivity index (χ1) is 13.3. The van der Waals surface area contributed by atoms with Crippen LogP contribution in [-0.2, 0) is 6.42 Å². The Morgan fingerprint density at radius 3 is 2.30 bits per heavy atom. The van der Waals surface area contributed by atoms with Gasteiger partial charge in [-0.2, -0.15) is 0 Å². The molecule has 1 N–H and O–H groups in total. The van der Waals surface area contributed by atoms with Crippen molar-refractivity contribution in [1.29, 1.82) is 0 Å². The highest BCUT2D eigenvalue weighted by molar-refractivity contribution is 5.59. The quantitative estimate of drug-likeness (QED) is 0.749. The number of hydrogen-bond donors (Lipinski definition) is 1. The molecule has 0 radical (unpaired) electrons. The van der Waals surface area contributed by atoms with E-state index in [1.807, 2.05) is 12.1 Å². The lowest BCUT2D eigenvalue weighted by molar-refractivity contribution is 0.634. The summed E-state index contributed by atoms with van der Waals surface area (Å²) in [5.74, 6) is 2.53. The molecule has 0 aliphatic carbocycles. The van der Waals surface area contributed by atoms with E-state index in [9.17, 15) is 0 Å². The van der Waals surface area contributed by atoms with Gasteiger partial charge in [-0.05, 0) is 30.2 Å². The van der Waals surface area contributed by atoms with Gasteiger partial charge in [0.15, 0.2) is 0 Å². The fraction of sp³-hybridized carbons (Fsp3) is 0.300. The van der Waals surface area contributed by atoms with E-state index in [0.29, 0.717) is 0 Å². The predicted molar refractivity (Wildman–Crippen MR) is 108 cm³/mol. The summed E-state index contributed by atoms with van der Waals surface area (Å²) in [5.41, 5.74) is 2.35. The Kier molecular flexibility index (Phi) is 5.09. The van der Waals surface area contributed by atoms with Crippen LogP contribution in [0.2, 0.25) is 0 Å². The van der Waals surface area contributed by atoms with E-state index < -0.39 is 0 Å². The molecule has 0 unspecified atom stereocenters. The standard InChI is InChI=1S/C20H23N7/c1-2-16-4-6-17(7-5-16)25-18-14-19(24-15-23-18)26-10-12-27(13-11-26)20-21-8-3-9-22-20/h3-9,14-15H,2,10-13H2,1H3,(H,23,24,25). The second-order valence-corrected chi connectivity index (χ2v) is 6.46. The Balaban J connectivity index is 1.40. The molecule has 138 valence electrons. The lowest BCUT2D eigenvalue weighted by atomic mass is 10.1. The summed E-state index contributed by atoms with van der Waals surface area (Å²) in [6.45, 7) is 5.65. The van der Waals surface area contributed by atoms with Crippen molar-refractivity contribution in [3.8, 4) is 0 Å². The van der Waals surface area contributed by atoms with Crippen LogP contribution in [0.1, 0.15) is 12.5 Å². The molecule has 3 heterocycles. The van der Waals surface area contributed by atoms with Gasteiger partial charge in [-0.1, -0.05) is 19.1 Å². The SMILES string of the molecule is CCc1ccc(Nc2cc(N3CCN(c4ncccn4)CC3)ncn2)cc1. The Labute approximate surface area is 159 Å². The third-order valence-electron chi connectivity index (χ3n) is 4.73. The van der Waals surface area contributed by atoms with E-state index in [2.05, 4.69) is 66.2 Å². The van der Waals surface area contributed by atoms with Gasteiger partial charge in [-0.25, -0.2) is 19.9 Å². The van der Waals surface area contributed by atoms with Crippen molar-refractivity contribution in [3.63, 3.8) is 0 Å². The summed E-state index contributed by atoms with van der Waals surface area (Å²) in [4.78, 5) is 21.9. The maximum absolute atomic E-state index is 4.45. The lowest BCUT2D eigenvalue weighted by Crippen LogP contribution is -2.47. The van der Waals surface area contributed by atoms with Crippen molar-refractivity contribution in [1.82, 2.24) is 19.9 Å².